The van der Waals surface area contributed by atoms with Gasteiger partial charge in [0.25, 0.3) is 0 Å². The van der Waals surface area contributed by atoms with E-state index >= 15 is 0 Å². The van der Waals surface area contributed by atoms with Crippen molar-refractivity contribution in [2.45, 2.75) is 33.1 Å². The molecule has 1 saturated heterocycles. The first-order valence-corrected chi connectivity index (χ1v) is 7.23. The monoisotopic (exact) mass is 285 g/mol. The molecule has 1 fully saturated rings. The van der Waals surface area contributed by atoms with Crippen molar-refractivity contribution in [3.63, 3.8) is 0 Å². The second-order valence-electron chi connectivity index (χ2n) is 6.38. The number of piperidine rings is 1. The van der Waals surface area contributed by atoms with Crippen LogP contribution in [0.5, 0.6) is 0 Å². The van der Waals surface area contributed by atoms with Crippen LogP contribution in [0, 0.1) is 11.3 Å². The number of carbonyl (C=O) groups excluding carboxylic acids is 1. The zero-order valence-corrected chi connectivity index (χ0v) is 12.7. The van der Waals surface area contributed by atoms with Gasteiger partial charge in [-0.25, -0.2) is 4.79 Å². The third-order valence-corrected chi connectivity index (χ3v) is 4.00. The number of aliphatic carboxylic acids is 1. The minimum Gasteiger partial charge on any atom is -0.481 e. The molecule has 0 aliphatic carbocycles. The van der Waals surface area contributed by atoms with Gasteiger partial charge in [0.1, 0.15) is 0 Å². The molecule has 1 rings (SSSR count). The van der Waals surface area contributed by atoms with Gasteiger partial charge in [0.05, 0.1) is 0 Å². The predicted molar refractivity (Wildman–Crippen MR) is 77.7 cm³/mol. The number of carboxylic acid groups (broad SMARTS) is 1. The Balaban J connectivity index is 2.21. The van der Waals surface area contributed by atoms with E-state index in [1.54, 1.807) is 0 Å². The molecule has 1 unspecified atom stereocenters. The highest BCUT2D eigenvalue weighted by molar-refractivity contribution is 5.74. The highest BCUT2D eigenvalue weighted by atomic mass is 16.4. The standard InChI is InChI=1S/C14H27N3O3/c1-11(8-12(18)19)9-15-13(20)16-10-14(2)4-6-17(3)7-5-14/h11H,4-10H2,1-3H3,(H,18,19)(H2,15,16,20). The fraction of sp³-hybridized carbons (Fsp3) is 0.857. The highest BCUT2D eigenvalue weighted by Crippen LogP contribution is 2.29. The fourth-order valence-corrected chi connectivity index (χ4v) is 2.33. The molecule has 0 aromatic heterocycles. The topological polar surface area (TPSA) is 81.7 Å². The Morgan fingerprint density at radius 3 is 2.45 bits per heavy atom. The summed E-state index contributed by atoms with van der Waals surface area (Å²) in [4.78, 5) is 24.5. The average molecular weight is 285 g/mol. The number of likely N-dealkylation sites (tertiary alicyclic amines) is 1. The van der Waals surface area contributed by atoms with Crippen LogP contribution in [0.25, 0.3) is 0 Å². The maximum absolute atomic E-state index is 11.7. The molecule has 1 aliphatic rings. The number of hydrogen-bond acceptors (Lipinski definition) is 3. The van der Waals surface area contributed by atoms with E-state index in [1.807, 2.05) is 6.92 Å². The van der Waals surface area contributed by atoms with Gasteiger partial charge in [-0.1, -0.05) is 13.8 Å². The van der Waals surface area contributed by atoms with Crippen LogP contribution >= 0.6 is 0 Å². The second-order valence-corrected chi connectivity index (χ2v) is 6.38. The summed E-state index contributed by atoms with van der Waals surface area (Å²) in [5, 5.41) is 14.3. The Hall–Kier alpha value is -1.30. The summed E-state index contributed by atoms with van der Waals surface area (Å²) in [6, 6.07) is -0.206. The van der Waals surface area contributed by atoms with Gasteiger partial charge in [0, 0.05) is 19.5 Å². The number of carbonyl (C=O) groups is 2. The van der Waals surface area contributed by atoms with Gasteiger partial charge in [-0.15, -0.1) is 0 Å². The van der Waals surface area contributed by atoms with Crippen molar-refractivity contribution in [2.75, 3.05) is 33.2 Å². The highest BCUT2D eigenvalue weighted by Gasteiger charge is 2.29. The van der Waals surface area contributed by atoms with Crippen molar-refractivity contribution >= 4 is 12.0 Å². The first-order chi connectivity index (χ1) is 9.31. The van der Waals surface area contributed by atoms with Crippen LogP contribution in [0.2, 0.25) is 0 Å². The van der Waals surface area contributed by atoms with Crippen LogP contribution in [-0.2, 0) is 4.79 Å². The molecule has 6 nitrogen and oxygen atoms in total. The predicted octanol–water partition coefficient (Wildman–Crippen LogP) is 1.13. The van der Waals surface area contributed by atoms with E-state index in [2.05, 4.69) is 29.5 Å². The molecule has 0 spiro atoms. The van der Waals surface area contributed by atoms with Gasteiger partial charge in [0.2, 0.25) is 0 Å². The van der Waals surface area contributed by atoms with Crippen LogP contribution in [-0.4, -0.2) is 55.2 Å². The number of nitrogens with zero attached hydrogens (tertiary/aromatic N) is 1. The molecular weight excluding hydrogens is 258 g/mol. The minimum atomic E-state index is -0.835. The molecule has 0 radical (unpaired) electrons. The van der Waals surface area contributed by atoms with E-state index in [1.165, 1.54) is 0 Å². The summed E-state index contributed by atoms with van der Waals surface area (Å²) in [7, 11) is 2.11. The third kappa shape index (κ3) is 6.23. The van der Waals surface area contributed by atoms with Crippen LogP contribution in [0.15, 0.2) is 0 Å². The lowest BCUT2D eigenvalue weighted by Gasteiger charge is -2.37. The van der Waals surface area contributed by atoms with Crippen molar-refractivity contribution in [1.29, 1.82) is 0 Å². The smallest absolute Gasteiger partial charge is 0.314 e. The molecule has 116 valence electrons. The Kier molecular flexibility index (Phi) is 6.26. The van der Waals surface area contributed by atoms with Crippen molar-refractivity contribution in [2.24, 2.45) is 11.3 Å². The first-order valence-electron chi connectivity index (χ1n) is 7.23. The molecule has 0 aromatic rings. The lowest BCUT2D eigenvalue weighted by molar-refractivity contribution is -0.137. The molecule has 2 amide bonds. The molecule has 20 heavy (non-hydrogen) atoms. The minimum absolute atomic E-state index is 0.0582. The van der Waals surface area contributed by atoms with Gasteiger partial charge in [-0.05, 0) is 44.3 Å². The number of carboxylic acids is 1. The maximum Gasteiger partial charge on any atom is 0.314 e. The SMILES string of the molecule is CC(CNC(=O)NCC1(C)CCN(C)CC1)CC(=O)O. The van der Waals surface area contributed by atoms with E-state index in [9.17, 15) is 9.59 Å². The Morgan fingerprint density at radius 2 is 1.90 bits per heavy atom. The third-order valence-electron chi connectivity index (χ3n) is 4.00. The van der Waals surface area contributed by atoms with Crippen LogP contribution in [0.4, 0.5) is 4.79 Å². The Labute approximate surface area is 120 Å². The van der Waals surface area contributed by atoms with Crippen molar-refractivity contribution < 1.29 is 14.7 Å². The lowest BCUT2D eigenvalue weighted by Crippen LogP contribution is -2.46. The molecule has 1 heterocycles. The molecule has 1 atom stereocenters. The van der Waals surface area contributed by atoms with Crippen molar-refractivity contribution in [3.8, 4) is 0 Å². The molecule has 0 bridgehead atoms. The summed E-state index contributed by atoms with van der Waals surface area (Å²) in [5.74, 6) is -0.893. The normalized spacial score (nSPS) is 20.1. The molecule has 0 aromatic carbocycles. The van der Waals surface area contributed by atoms with Crippen molar-refractivity contribution in [1.82, 2.24) is 15.5 Å². The number of hydrogen-bond donors (Lipinski definition) is 3. The summed E-state index contributed by atoms with van der Waals surface area (Å²) in [6.07, 6.45) is 2.24. The van der Waals surface area contributed by atoms with Gasteiger partial charge < -0.3 is 20.6 Å². The number of amides is 2. The summed E-state index contributed by atoms with van der Waals surface area (Å²) in [6.45, 7) is 7.20. The van der Waals surface area contributed by atoms with Gasteiger partial charge in [0.15, 0.2) is 0 Å². The van der Waals surface area contributed by atoms with Gasteiger partial charge in [-0.3, -0.25) is 4.79 Å². The van der Waals surface area contributed by atoms with E-state index < -0.39 is 5.97 Å². The van der Waals surface area contributed by atoms with Gasteiger partial charge >= 0.3 is 12.0 Å². The van der Waals surface area contributed by atoms with E-state index in [4.69, 9.17) is 5.11 Å². The number of rotatable bonds is 6. The molecule has 3 N–H and O–H groups in total. The van der Waals surface area contributed by atoms with Crippen LogP contribution in [0.3, 0.4) is 0 Å². The Morgan fingerprint density at radius 1 is 1.30 bits per heavy atom. The largest absolute Gasteiger partial charge is 0.481 e. The van der Waals surface area contributed by atoms with E-state index in [0.29, 0.717) is 13.1 Å². The summed E-state index contributed by atoms with van der Waals surface area (Å²) >= 11 is 0. The summed E-state index contributed by atoms with van der Waals surface area (Å²) < 4.78 is 0. The van der Waals surface area contributed by atoms with E-state index in [0.717, 1.165) is 25.9 Å². The first kappa shape index (κ1) is 16.8. The number of nitrogens with one attached hydrogen (secondary N) is 2. The molecular formula is C14H27N3O3. The van der Waals surface area contributed by atoms with E-state index in [-0.39, 0.29) is 23.8 Å². The molecule has 0 saturated carbocycles. The maximum atomic E-state index is 11.7. The molecule has 1 aliphatic heterocycles. The van der Waals surface area contributed by atoms with Gasteiger partial charge in [-0.2, -0.15) is 0 Å². The molecule has 6 heteroatoms. The Bertz CT molecular complexity index is 339. The zero-order valence-electron chi connectivity index (χ0n) is 12.7. The summed E-state index contributed by atoms with van der Waals surface area (Å²) in [5.41, 5.74) is 0.163. The zero-order chi connectivity index (χ0) is 15.2. The number of urea groups is 1. The van der Waals surface area contributed by atoms with Crippen LogP contribution < -0.4 is 10.6 Å². The van der Waals surface area contributed by atoms with Crippen LogP contribution in [0.1, 0.15) is 33.1 Å². The second kappa shape index (κ2) is 7.47. The quantitative estimate of drug-likeness (QED) is 0.683. The average Bonchev–Trinajstić information content (AvgIpc) is 2.37. The lowest BCUT2D eigenvalue weighted by atomic mass is 9.80. The fourth-order valence-electron chi connectivity index (χ4n) is 2.33. The van der Waals surface area contributed by atoms with Crippen molar-refractivity contribution in [3.05, 3.63) is 0 Å².